The van der Waals surface area contributed by atoms with Gasteiger partial charge in [-0.2, -0.15) is 0 Å². The van der Waals surface area contributed by atoms with E-state index in [-0.39, 0.29) is 6.54 Å². The van der Waals surface area contributed by atoms with Crippen LogP contribution in [0.25, 0.3) is 12.2 Å². The lowest BCUT2D eigenvalue weighted by molar-refractivity contribution is -0.104. The van der Waals surface area contributed by atoms with E-state index in [4.69, 9.17) is 13.9 Å². The van der Waals surface area contributed by atoms with E-state index in [2.05, 4.69) is 0 Å². The number of hydrogen-bond donors (Lipinski definition) is 0. The van der Waals surface area contributed by atoms with E-state index < -0.39 is 23.4 Å². The van der Waals surface area contributed by atoms with Crippen LogP contribution in [-0.4, -0.2) is 41.1 Å². The van der Waals surface area contributed by atoms with Gasteiger partial charge in [0.1, 0.15) is 29.0 Å². The highest BCUT2D eigenvalue weighted by Gasteiger charge is 2.30. The molecule has 0 atom stereocenters. The number of amides is 2. The summed E-state index contributed by atoms with van der Waals surface area (Å²) in [7, 11) is 0. The SMILES string of the molecule is CC(C)(C)OC(=O)N(C/C=C/c1ccc(/C=C/C=O)o1)C(=O)OC(C)(C)C. The predicted octanol–water partition coefficient (Wildman–Crippen LogP) is 4.68. The van der Waals surface area contributed by atoms with Crippen molar-refractivity contribution in [3.05, 3.63) is 35.8 Å². The van der Waals surface area contributed by atoms with E-state index in [0.29, 0.717) is 17.8 Å². The first-order chi connectivity index (χ1) is 12.4. The molecule has 0 saturated heterocycles. The van der Waals surface area contributed by atoms with Crippen molar-refractivity contribution in [3.63, 3.8) is 0 Å². The summed E-state index contributed by atoms with van der Waals surface area (Å²) in [5.74, 6) is 1.02. The third kappa shape index (κ3) is 8.89. The molecule has 0 fully saturated rings. The minimum absolute atomic E-state index is 0.0516. The number of carbonyl (C=O) groups excluding carboxylic acids is 3. The molecule has 1 aromatic rings. The Morgan fingerprint density at radius 3 is 1.89 bits per heavy atom. The Kier molecular flexibility index (Phi) is 7.57. The van der Waals surface area contributed by atoms with E-state index in [1.54, 1.807) is 65.8 Å². The molecule has 0 aliphatic carbocycles. The zero-order valence-corrected chi connectivity index (χ0v) is 16.6. The number of allylic oxidation sites excluding steroid dienone is 1. The van der Waals surface area contributed by atoms with Gasteiger partial charge in [0.2, 0.25) is 0 Å². The van der Waals surface area contributed by atoms with Crippen molar-refractivity contribution >= 4 is 30.6 Å². The molecule has 0 spiro atoms. The number of imide groups is 1. The van der Waals surface area contributed by atoms with Gasteiger partial charge in [-0.3, -0.25) is 4.79 Å². The van der Waals surface area contributed by atoms with Crippen molar-refractivity contribution in [1.29, 1.82) is 0 Å². The van der Waals surface area contributed by atoms with Crippen molar-refractivity contribution in [2.24, 2.45) is 0 Å². The molecular formula is C20H27NO6. The highest BCUT2D eigenvalue weighted by molar-refractivity contribution is 5.88. The third-order valence-corrected chi connectivity index (χ3v) is 2.78. The number of nitrogens with zero attached hydrogens (tertiary/aromatic N) is 1. The van der Waals surface area contributed by atoms with E-state index in [9.17, 15) is 14.4 Å². The van der Waals surface area contributed by atoms with Crippen LogP contribution in [0.5, 0.6) is 0 Å². The molecule has 0 aliphatic heterocycles. The summed E-state index contributed by atoms with van der Waals surface area (Å²) in [6.45, 7) is 10.2. The maximum atomic E-state index is 12.4. The molecule has 0 saturated carbocycles. The number of ether oxygens (including phenoxy) is 2. The standard InChI is InChI=1S/C20H27NO6/c1-19(2,3)26-17(23)21(18(24)27-20(4,5)6)13-7-9-15-11-12-16(25-15)10-8-14-22/h7-12,14H,13H2,1-6H3/b9-7+,10-8+. The Morgan fingerprint density at radius 1 is 0.963 bits per heavy atom. The minimum atomic E-state index is -0.796. The number of carbonyl (C=O) groups is 3. The van der Waals surface area contributed by atoms with Gasteiger partial charge >= 0.3 is 12.2 Å². The van der Waals surface area contributed by atoms with Crippen LogP contribution in [0.2, 0.25) is 0 Å². The molecule has 0 bridgehead atoms. The molecule has 1 heterocycles. The van der Waals surface area contributed by atoms with Gasteiger partial charge < -0.3 is 13.9 Å². The van der Waals surface area contributed by atoms with Gasteiger partial charge in [-0.25, -0.2) is 14.5 Å². The normalized spacial score (nSPS) is 12.4. The zero-order valence-electron chi connectivity index (χ0n) is 16.6. The minimum Gasteiger partial charge on any atom is -0.457 e. The Morgan fingerprint density at radius 2 is 1.44 bits per heavy atom. The fourth-order valence-electron chi connectivity index (χ4n) is 1.81. The summed E-state index contributed by atoms with van der Waals surface area (Å²) >= 11 is 0. The molecule has 0 N–H and O–H groups in total. The van der Waals surface area contributed by atoms with Gasteiger partial charge in [-0.05, 0) is 71.9 Å². The van der Waals surface area contributed by atoms with Crippen molar-refractivity contribution in [2.45, 2.75) is 52.7 Å². The van der Waals surface area contributed by atoms with Crippen LogP contribution in [0.1, 0.15) is 53.1 Å². The van der Waals surface area contributed by atoms with Crippen molar-refractivity contribution in [2.75, 3.05) is 6.54 Å². The van der Waals surface area contributed by atoms with Crippen LogP contribution >= 0.6 is 0 Å². The molecule has 1 aromatic heterocycles. The molecule has 0 radical (unpaired) electrons. The van der Waals surface area contributed by atoms with Crippen LogP contribution in [0.3, 0.4) is 0 Å². The summed E-state index contributed by atoms with van der Waals surface area (Å²) in [5.41, 5.74) is -1.50. The summed E-state index contributed by atoms with van der Waals surface area (Å²) in [5, 5.41) is 0. The van der Waals surface area contributed by atoms with Gasteiger partial charge in [0.15, 0.2) is 0 Å². The second-order valence-electron chi connectivity index (χ2n) is 7.71. The first-order valence-electron chi connectivity index (χ1n) is 8.53. The van der Waals surface area contributed by atoms with E-state index in [1.807, 2.05) is 0 Å². The topological polar surface area (TPSA) is 86.0 Å². The molecule has 2 amide bonds. The monoisotopic (exact) mass is 377 g/mol. The second-order valence-corrected chi connectivity index (χ2v) is 7.71. The van der Waals surface area contributed by atoms with Gasteiger partial charge in [-0.15, -0.1) is 0 Å². The summed E-state index contributed by atoms with van der Waals surface area (Å²) in [4.78, 5) is 35.9. The smallest absolute Gasteiger partial charge is 0.420 e. The molecule has 0 aliphatic rings. The number of hydrogen-bond acceptors (Lipinski definition) is 6. The Bertz CT molecular complexity index is 688. The Hall–Kier alpha value is -2.83. The third-order valence-electron chi connectivity index (χ3n) is 2.78. The highest BCUT2D eigenvalue weighted by atomic mass is 16.6. The molecule has 1 rings (SSSR count). The molecule has 0 unspecified atom stereocenters. The van der Waals surface area contributed by atoms with E-state index >= 15 is 0 Å². The first-order valence-corrected chi connectivity index (χ1v) is 8.53. The number of rotatable bonds is 5. The first kappa shape index (κ1) is 22.2. The molecular weight excluding hydrogens is 350 g/mol. The highest BCUT2D eigenvalue weighted by Crippen LogP contribution is 2.15. The fraction of sp³-hybridized carbons (Fsp3) is 0.450. The maximum absolute atomic E-state index is 12.4. The Balaban J connectivity index is 2.88. The Labute approximate surface area is 159 Å². The predicted molar refractivity (Wildman–Crippen MR) is 102 cm³/mol. The van der Waals surface area contributed by atoms with E-state index in [1.165, 1.54) is 12.2 Å². The van der Waals surface area contributed by atoms with Crippen LogP contribution in [0.15, 0.2) is 28.7 Å². The van der Waals surface area contributed by atoms with Crippen LogP contribution in [0, 0.1) is 0 Å². The quantitative estimate of drug-likeness (QED) is 0.547. The van der Waals surface area contributed by atoms with Crippen LogP contribution in [0.4, 0.5) is 9.59 Å². The fourth-order valence-corrected chi connectivity index (χ4v) is 1.81. The average molecular weight is 377 g/mol. The maximum Gasteiger partial charge on any atom is 0.420 e. The number of furan rings is 1. The second kappa shape index (κ2) is 9.21. The lowest BCUT2D eigenvalue weighted by Gasteiger charge is -2.28. The molecule has 148 valence electrons. The molecule has 7 heteroatoms. The van der Waals surface area contributed by atoms with Gasteiger partial charge in [0.25, 0.3) is 0 Å². The molecule has 27 heavy (non-hydrogen) atoms. The summed E-state index contributed by atoms with van der Waals surface area (Å²) in [6, 6.07) is 3.39. The summed E-state index contributed by atoms with van der Waals surface area (Å²) < 4.78 is 16.0. The van der Waals surface area contributed by atoms with Crippen LogP contribution < -0.4 is 0 Å². The van der Waals surface area contributed by atoms with Gasteiger partial charge in [0, 0.05) is 0 Å². The van der Waals surface area contributed by atoms with Gasteiger partial charge in [-0.1, -0.05) is 6.08 Å². The van der Waals surface area contributed by atoms with Crippen LogP contribution in [-0.2, 0) is 14.3 Å². The summed E-state index contributed by atoms with van der Waals surface area (Å²) in [6.07, 6.45) is 5.10. The number of aldehydes is 1. The average Bonchev–Trinajstić information content (AvgIpc) is 2.93. The van der Waals surface area contributed by atoms with Crippen molar-refractivity contribution < 1.29 is 28.3 Å². The lowest BCUT2D eigenvalue weighted by Crippen LogP contribution is -2.43. The largest absolute Gasteiger partial charge is 0.457 e. The lowest BCUT2D eigenvalue weighted by atomic mass is 10.2. The molecule has 7 nitrogen and oxygen atoms in total. The van der Waals surface area contributed by atoms with Gasteiger partial charge in [0.05, 0.1) is 6.54 Å². The van der Waals surface area contributed by atoms with Crippen molar-refractivity contribution in [3.8, 4) is 0 Å². The zero-order chi connectivity index (χ0) is 20.7. The molecule has 0 aromatic carbocycles. The van der Waals surface area contributed by atoms with E-state index in [0.717, 1.165) is 4.90 Å². The van der Waals surface area contributed by atoms with Crippen molar-refractivity contribution in [1.82, 2.24) is 4.90 Å².